The molecule has 0 radical (unpaired) electrons. The van der Waals surface area contributed by atoms with Crippen LogP contribution in [0.5, 0.6) is 0 Å². The van der Waals surface area contributed by atoms with E-state index in [2.05, 4.69) is 25.3 Å². The van der Waals surface area contributed by atoms with Crippen LogP contribution in [0.3, 0.4) is 0 Å². The molecule has 2 atom stereocenters. The van der Waals surface area contributed by atoms with E-state index in [1.807, 2.05) is 4.90 Å². The normalized spacial score (nSPS) is 17.8. The van der Waals surface area contributed by atoms with E-state index in [-0.39, 0.29) is 24.7 Å². The molecule has 216 valence electrons. The molecule has 2 aliphatic rings. The summed E-state index contributed by atoms with van der Waals surface area (Å²) in [6.07, 6.45) is 2.96. The van der Waals surface area contributed by atoms with Crippen LogP contribution >= 0.6 is 0 Å². The first-order valence-corrected chi connectivity index (χ1v) is 13.0. The molecule has 5 rings (SSSR count). The molecule has 2 aliphatic heterocycles. The van der Waals surface area contributed by atoms with E-state index in [9.17, 15) is 19.2 Å². The highest BCUT2D eigenvalue weighted by molar-refractivity contribution is 5.96. The molecular formula is C26H29FN8O6. The first-order chi connectivity index (χ1) is 19.7. The number of fused-ring (bicyclic) bond motifs is 1. The van der Waals surface area contributed by atoms with Gasteiger partial charge in [0.05, 0.1) is 31.6 Å². The van der Waals surface area contributed by atoms with Gasteiger partial charge < -0.3 is 29.9 Å². The third-order valence-corrected chi connectivity index (χ3v) is 6.89. The zero-order valence-electron chi connectivity index (χ0n) is 22.4. The van der Waals surface area contributed by atoms with Crippen molar-refractivity contribution in [1.82, 2.24) is 29.9 Å². The molecule has 1 aromatic carbocycles. The third-order valence-electron chi connectivity index (χ3n) is 6.89. The molecule has 0 aliphatic carbocycles. The maximum absolute atomic E-state index is 15.1. The van der Waals surface area contributed by atoms with Gasteiger partial charge in [-0.2, -0.15) is 0 Å². The van der Waals surface area contributed by atoms with E-state index in [0.717, 1.165) is 0 Å². The van der Waals surface area contributed by atoms with Gasteiger partial charge in [0.1, 0.15) is 23.7 Å². The van der Waals surface area contributed by atoms with E-state index in [1.54, 1.807) is 53.0 Å². The van der Waals surface area contributed by atoms with Gasteiger partial charge in [0.25, 0.3) is 5.91 Å². The number of alkyl carbamates (subject to hydrolysis) is 1. The van der Waals surface area contributed by atoms with Crippen LogP contribution in [0, 0.1) is 5.82 Å². The second-order valence-corrected chi connectivity index (χ2v) is 9.59. The lowest BCUT2D eigenvalue weighted by Gasteiger charge is -2.37. The summed E-state index contributed by atoms with van der Waals surface area (Å²) in [5.41, 5.74) is 0.832. The van der Waals surface area contributed by atoms with Crippen LogP contribution in [-0.4, -0.2) is 102 Å². The monoisotopic (exact) mass is 568 g/mol. The van der Waals surface area contributed by atoms with Crippen molar-refractivity contribution in [3.05, 3.63) is 54.4 Å². The second kappa shape index (κ2) is 11.7. The van der Waals surface area contributed by atoms with Crippen LogP contribution in [0.2, 0.25) is 0 Å². The number of aromatic nitrogens is 3. The Morgan fingerprint density at radius 3 is 2.71 bits per heavy atom. The van der Waals surface area contributed by atoms with Gasteiger partial charge in [0, 0.05) is 44.8 Å². The molecule has 14 nitrogen and oxygen atoms in total. The van der Waals surface area contributed by atoms with Crippen molar-refractivity contribution in [3.63, 3.8) is 0 Å². The second-order valence-electron chi connectivity index (χ2n) is 9.59. The minimum Gasteiger partial charge on any atom is -0.453 e. The lowest BCUT2D eigenvalue weighted by Crippen LogP contribution is -2.54. The number of rotatable bonds is 7. The minimum atomic E-state index is -0.783. The Labute approximate surface area is 234 Å². The largest absolute Gasteiger partial charge is 0.453 e. The number of cyclic esters (lactones) is 1. The summed E-state index contributed by atoms with van der Waals surface area (Å²) in [6, 6.07) is 5.41. The van der Waals surface area contributed by atoms with Gasteiger partial charge in [-0.1, -0.05) is 0 Å². The standard InChI is InChI=1S/C26H29FN8O6/c1-16(30-22(36)20-15-34-7-3-6-28-24(34)31-20)23(37)33-10-8-32(9-11-33)21-5-4-17(12-19(21)27)35-14-18(41-26(35)39)13-29-25(38)40-2/h3-7,12,15-16,18H,8-11,13-14H2,1-2H3,(H,29,38)(H,30,36). The molecule has 4 heterocycles. The molecule has 0 saturated carbocycles. The number of hydrogen-bond acceptors (Lipinski definition) is 9. The SMILES string of the molecule is COC(=O)NCC1CN(c2ccc(N3CCN(C(=O)C(C)NC(=O)c4cn5cccnc5n4)CC3)c(F)c2)C(=O)O1. The highest BCUT2D eigenvalue weighted by Crippen LogP contribution is 2.28. The highest BCUT2D eigenvalue weighted by atomic mass is 19.1. The molecule has 2 N–H and O–H groups in total. The van der Waals surface area contributed by atoms with Crippen molar-refractivity contribution in [1.29, 1.82) is 0 Å². The van der Waals surface area contributed by atoms with Crippen LogP contribution in [-0.2, 0) is 14.3 Å². The third kappa shape index (κ3) is 5.97. The summed E-state index contributed by atoms with van der Waals surface area (Å²) in [7, 11) is 1.23. The van der Waals surface area contributed by atoms with Gasteiger partial charge in [-0.05, 0) is 31.2 Å². The molecule has 3 aromatic rings. The number of ether oxygens (including phenoxy) is 2. The molecule has 4 amide bonds. The summed E-state index contributed by atoms with van der Waals surface area (Å²) in [5.74, 6) is -0.871. The van der Waals surface area contributed by atoms with Crippen molar-refractivity contribution in [2.24, 2.45) is 0 Å². The summed E-state index contributed by atoms with van der Waals surface area (Å²) >= 11 is 0. The van der Waals surface area contributed by atoms with Crippen LogP contribution in [0.25, 0.3) is 5.78 Å². The summed E-state index contributed by atoms with van der Waals surface area (Å²) in [6.45, 7) is 3.27. The smallest absolute Gasteiger partial charge is 0.414 e. The first-order valence-electron chi connectivity index (χ1n) is 13.0. The first kappa shape index (κ1) is 27.6. The fraction of sp³-hybridized carbons (Fsp3) is 0.385. The van der Waals surface area contributed by atoms with Gasteiger partial charge >= 0.3 is 12.2 Å². The van der Waals surface area contributed by atoms with Gasteiger partial charge in [-0.15, -0.1) is 0 Å². The van der Waals surface area contributed by atoms with E-state index < -0.39 is 36.1 Å². The fourth-order valence-corrected chi connectivity index (χ4v) is 4.74. The van der Waals surface area contributed by atoms with Crippen LogP contribution in [0.4, 0.5) is 25.4 Å². The number of anilines is 2. The topological polar surface area (TPSA) is 151 Å². The molecule has 0 bridgehead atoms. The van der Waals surface area contributed by atoms with E-state index in [4.69, 9.17) is 4.74 Å². The quantitative estimate of drug-likeness (QED) is 0.426. The molecule has 0 spiro atoms. The lowest BCUT2D eigenvalue weighted by atomic mass is 10.2. The number of piperazine rings is 1. The fourth-order valence-electron chi connectivity index (χ4n) is 4.74. The van der Waals surface area contributed by atoms with Crippen molar-refractivity contribution in [3.8, 4) is 0 Å². The lowest BCUT2D eigenvalue weighted by molar-refractivity contribution is -0.133. The number of hydrogen-bond donors (Lipinski definition) is 2. The Morgan fingerprint density at radius 1 is 1.22 bits per heavy atom. The zero-order chi connectivity index (χ0) is 29.1. The highest BCUT2D eigenvalue weighted by Gasteiger charge is 2.33. The molecule has 2 saturated heterocycles. The summed E-state index contributed by atoms with van der Waals surface area (Å²) in [4.78, 5) is 62.2. The van der Waals surface area contributed by atoms with Gasteiger partial charge in [0.15, 0.2) is 0 Å². The van der Waals surface area contributed by atoms with Crippen molar-refractivity contribution in [2.45, 2.75) is 19.1 Å². The van der Waals surface area contributed by atoms with Crippen molar-refractivity contribution in [2.75, 3.05) is 56.2 Å². The Kier molecular flexibility index (Phi) is 7.85. The number of nitrogens with one attached hydrogen (secondary N) is 2. The number of carbonyl (C=O) groups is 4. The van der Waals surface area contributed by atoms with Crippen LogP contribution in [0.15, 0.2) is 42.9 Å². The Bertz CT molecular complexity index is 1440. The zero-order valence-corrected chi connectivity index (χ0v) is 22.4. The molecule has 2 aromatic heterocycles. The van der Waals surface area contributed by atoms with Gasteiger partial charge in [-0.25, -0.2) is 23.9 Å². The summed E-state index contributed by atoms with van der Waals surface area (Å²) < 4.78 is 26.5. The molecule has 2 fully saturated rings. The average Bonchev–Trinajstić information content (AvgIpc) is 3.59. The van der Waals surface area contributed by atoms with Crippen molar-refractivity contribution < 1.29 is 33.0 Å². The Morgan fingerprint density at radius 2 is 2.00 bits per heavy atom. The predicted molar refractivity (Wildman–Crippen MR) is 143 cm³/mol. The maximum atomic E-state index is 15.1. The number of halogens is 1. The number of methoxy groups -OCH3 is 1. The molecule has 2 unspecified atom stereocenters. The molecule has 15 heteroatoms. The maximum Gasteiger partial charge on any atom is 0.414 e. The van der Waals surface area contributed by atoms with Gasteiger partial charge in [-0.3, -0.25) is 18.9 Å². The van der Waals surface area contributed by atoms with E-state index >= 15 is 4.39 Å². The van der Waals surface area contributed by atoms with E-state index in [0.29, 0.717) is 43.3 Å². The van der Waals surface area contributed by atoms with Crippen molar-refractivity contribution >= 4 is 41.2 Å². The van der Waals surface area contributed by atoms with Crippen LogP contribution in [0.1, 0.15) is 17.4 Å². The number of nitrogens with zero attached hydrogens (tertiary/aromatic N) is 6. The summed E-state index contributed by atoms with van der Waals surface area (Å²) in [5, 5.41) is 5.16. The van der Waals surface area contributed by atoms with Gasteiger partial charge in [0.2, 0.25) is 11.7 Å². The molecular weight excluding hydrogens is 539 g/mol. The number of imidazole rings is 1. The minimum absolute atomic E-state index is 0.0682. The number of benzene rings is 1. The van der Waals surface area contributed by atoms with E-state index in [1.165, 1.54) is 18.1 Å². The number of carbonyl (C=O) groups excluding carboxylic acids is 4. The van der Waals surface area contributed by atoms with Crippen LogP contribution < -0.4 is 20.4 Å². The molecule has 41 heavy (non-hydrogen) atoms. The Balaban J connectivity index is 1.14. The Hall–Kier alpha value is -4.95. The average molecular weight is 569 g/mol. The number of amides is 4. The predicted octanol–water partition coefficient (Wildman–Crippen LogP) is 1.02.